The maximum absolute atomic E-state index is 5.50. The van der Waals surface area contributed by atoms with Gasteiger partial charge in [0, 0.05) is 24.3 Å². The number of nitrogens with zero attached hydrogens (tertiary/aromatic N) is 2. The normalized spacial score (nSPS) is 40.9. The van der Waals surface area contributed by atoms with Crippen molar-refractivity contribution in [1.29, 1.82) is 0 Å². The molecule has 1 aromatic rings. The van der Waals surface area contributed by atoms with Crippen LogP contribution in [0.15, 0.2) is 4.52 Å². The molecule has 21 heavy (non-hydrogen) atoms. The van der Waals surface area contributed by atoms with E-state index in [-0.39, 0.29) is 0 Å². The van der Waals surface area contributed by atoms with Gasteiger partial charge in [0.05, 0.1) is 6.61 Å². The summed E-state index contributed by atoms with van der Waals surface area (Å²) in [7, 11) is 1.70. The lowest BCUT2D eigenvalue weighted by molar-refractivity contribution is -0.0383. The van der Waals surface area contributed by atoms with Crippen molar-refractivity contribution in [2.45, 2.75) is 55.7 Å². The Morgan fingerprint density at radius 2 is 2.05 bits per heavy atom. The third-order valence-electron chi connectivity index (χ3n) is 5.68. The van der Waals surface area contributed by atoms with Crippen molar-refractivity contribution in [1.82, 2.24) is 10.1 Å². The van der Waals surface area contributed by atoms with Crippen LogP contribution in [0.4, 0.5) is 0 Å². The Morgan fingerprint density at radius 3 is 2.71 bits per heavy atom. The Balaban J connectivity index is 1.50. The van der Waals surface area contributed by atoms with Gasteiger partial charge in [-0.25, -0.2) is 0 Å². The van der Waals surface area contributed by atoms with Gasteiger partial charge in [0.25, 0.3) is 0 Å². The number of ether oxygens (including phenoxy) is 1. The van der Waals surface area contributed by atoms with Crippen LogP contribution in [-0.2, 0) is 17.6 Å². The van der Waals surface area contributed by atoms with Gasteiger partial charge in [-0.05, 0) is 55.8 Å². The van der Waals surface area contributed by atoms with E-state index in [9.17, 15) is 0 Å². The van der Waals surface area contributed by atoms with Crippen LogP contribution in [0.2, 0.25) is 0 Å². The maximum atomic E-state index is 5.50. The summed E-state index contributed by atoms with van der Waals surface area (Å²) < 4.78 is 11.0. The molecular weight excluding hydrogens is 332 g/mol. The van der Waals surface area contributed by atoms with Crippen LogP contribution in [0.5, 0.6) is 0 Å². The SMILES string of the molecule is COCCc1noc(CC23CC4CC(CC(Br)(C4)C2)C3)n1. The number of hydrogen-bond donors (Lipinski definition) is 0. The first-order chi connectivity index (χ1) is 10.1. The Hall–Kier alpha value is -0.420. The molecule has 4 fully saturated rings. The molecule has 2 unspecified atom stereocenters. The van der Waals surface area contributed by atoms with E-state index in [1.807, 2.05) is 0 Å². The predicted molar refractivity (Wildman–Crippen MR) is 82.4 cm³/mol. The van der Waals surface area contributed by atoms with Crippen molar-refractivity contribution in [3.05, 3.63) is 11.7 Å². The number of rotatable bonds is 5. The molecule has 1 heterocycles. The van der Waals surface area contributed by atoms with E-state index >= 15 is 0 Å². The first kappa shape index (κ1) is 14.2. The van der Waals surface area contributed by atoms with Crippen molar-refractivity contribution in [3.63, 3.8) is 0 Å². The molecule has 5 rings (SSSR count). The molecule has 0 saturated heterocycles. The molecule has 0 amide bonds. The van der Waals surface area contributed by atoms with E-state index in [0.717, 1.165) is 36.4 Å². The predicted octanol–water partition coefficient (Wildman–Crippen LogP) is 3.53. The summed E-state index contributed by atoms with van der Waals surface area (Å²) >= 11 is 4.06. The zero-order valence-electron chi connectivity index (χ0n) is 12.6. The highest BCUT2D eigenvalue weighted by atomic mass is 79.9. The van der Waals surface area contributed by atoms with Gasteiger partial charge < -0.3 is 9.26 Å². The molecule has 0 N–H and O–H groups in total. The van der Waals surface area contributed by atoms with E-state index in [2.05, 4.69) is 26.1 Å². The van der Waals surface area contributed by atoms with Crippen LogP contribution in [0.3, 0.4) is 0 Å². The fourth-order valence-corrected chi connectivity index (χ4v) is 7.03. The Morgan fingerprint density at radius 1 is 1.29 bits per heavy atom. The summed E-state index contributed by atoms with van der Waals surface area (Å²) in [6, 6.07) is 0. The lowest BCUT2D eigenvalue weighted by Gasteiger charge is -2.60. The summed E-state index contributed by atoms with van der Waals surface area (Å²) in [5, 5.41) is 4.09. The van der Waals surface area contributed by atoms with Crippen LogP contribution in [0, 0.1) is 17.3 Å². The number of halogens is 1. The van der Waals surface area contributed by atoms with Crippen LogP contribution in [-0.4, -0.2) is 28.2 Å². The van der Waals surface area contributed by atoms with Gasteiger partial charge in [0.1, 0.15) is 0 Å². The standard InChI is InChI=1S/C16H23BrN2O2/c1-20-3-2-13-18-14(21-19-13)9-15-5-11-4-12(6-15)8-16(17,7-11)10-15/h11-12H,2-10H2,1H3. The average Bonchev–Trinajstić information content (AvgIpc) is 2.80. The van der Waals surface area contributed by atoms with Gasteiger partial charge in [-0.3, -0.25) is 0 Å². The van der Waals surface area contributed by atoms with Crippen LogP contribution < -0.4 is 0 Å². The van der Waals surface area contributed by atoms with Crippen molar-refractivity contribution < 1.29 is 9.26 Å². The van der Waals surface area contributed by atoms with E-state index < -0.39 is 0 Å². The molecule has 4 nitrogen and oxygen atoms in total. The summed E-state index contributed by atoms with van der Waals surface area (Å²) in [5.74, 6) is 3.42. The summed E-state index contributed by atoms with van der Waals surface area (Å²) in [5.41, 5.74) is 0.401. The van der Waals surface area contributed by atoms with E-state index in [1.165, 1.54) is 38.5 Å². The van der Waals surface area contributed by atoms with E-state index in [4.69, 9.17) is 9.26 Å². The second-order valence-electron chi connectivity index (χ2n) is 7.64. The molecular formula is C16H23BrN2O2. The fourth-order valence-electron chi connectivity index (χ4n) is 5.52. The smallest absolute Gasteiger partial charge is 0.227 e. The molecule has 4 aliphatic rings. The van der Waals surface area contributed by atoms with Gasteiger partial charge in [-0.1, -0.05) is 21.1 Å². The topological polar surface area (TPSA) is 48.2 Å². The Kier molecular flexibility index (Phi) is 3.41. The molecule has 4 bridgehead atoms. The second-order valence-corrected chi connectivity index (χ2v) is 9.32. The minimum atomic E-state index is 0.399. The molecule has 0 spiro atoms. The zero-order valence-corrected chi connectivity index (χ0v) is 14.2. The Bertz CT molecular complexity index is 516. The molecule has 4 aliphatic carbocycles. The summed E-state index contributed by atoms with van der Waals surface area (Å²) in [6.07, 6.45) is 9.87. The van der Waals surface area contributed by atoms with Gasteiger partial charge in [0.2, 0.25) is 5.89 Å². The van der Waals surface area contributed by atoms with Crippen LogP contribution in [0.25, 0.3) is 0 Å². The number of alkyl halides is 1. The highest BCUT2D eigenvalue weighted by molar-refractivity contribution is 9.10. The largest absolute Gasteiger partial charge is 0.384 e. The molecule has 1 aromatic heterocycles. The lowest BCUT2D eigenvalue weighted by Crippen LogP contribution is -2.53. The van der Waals surface area contributed by atoms with E-state index in [0.29, 0.717) is 16.3 Å². The average molecular weight is 355 g/mol. The molecule has 4 saturated carbocycles. The van der Waals surface area contributed by atoms with Gasteiger partial charge >= 0.3 is 0 Å². The number of hydrogen-bond acceptors (Lipinski definition) is 4. The van der Waals surface area contributed by atoms with Crippen molar-refractivity contribution >= 4 is 15.9 Å². The first-order valence-electron chi connectivity index (χ1n) is 8.07. The second kappa shape index (κ2) is 5.05. The van der Waals surface area contributed by atoms with Crippen LogP contribution >= 0.6 is 15.9 Å². The molecule has 2 atom stereocenters. The molecule has 0 aliphatic heterocycles. The van der Waals surface area contributed by atoms with Crippen LogP contribution in [0.1, 0.15) is 50.2 Å². The molecule has 0 aromatic carbocycles. The summed E-state index contributed by atoms with van der Waals surface area (Å²) in [4.78, 5) is 4.57. The van der Waals surface area contributed by atoms with Gasteiger partial charge in [-0.2, -0.15) is 4.98 Å². The van der Waals surface area contributed by atoms with Crippen molar-refractivity contribution in [3.8, 4) is 0 Å². The Labute approximate surface area is 134 Å². The molecule has 116 valence electrons. The third-order valence-corrected chi connectivity index (χ3v) is 6.60. The lowest BCUT2D eigenvalue weighted by atomic mass is 9.48. The maximum Gasteiger partial charge on any atom is 0.227 e. The highest BCUT2D eigenvalue weighted by Gasteiger charge is 2.57. The highest BCUT2D eigenvalue weighted by Crippen LogP contribution is 2.65. The minimum Gasteiger partial charge on any atom is -0.384 e. The number of aromatic nitrogens is 2. The molecule has 5 heteroatoms. The van der Waals surface area contributed by atoms with E-state index in [1.54, 1.807) is 7.11 Å². The fraction of sp³-hybridized carbons (Fsp3) is 0.875. The van der Waals surface area contributed by atoms with Crippen molar-refractivity contribution in [2.24, 2.45) is 17.3 Å². The monoisotopic (exact) mass is 354 g/mol. The number of methoxy groups -OCH3 is 1. The third kappa shape index (κ3) is 2.67. The summed E-state index contributed by atoms with van der Waals surface area (Å²) in [6.45, 7) is 0.652. The van der Waals surface area contributed by atoms with Gasteiger partial charge in [-0.15, -0.1) is 0 Å². The first-order valence-corrected chi connectivity index (χ1v) is 8.87. The van der Waals surface area contributed by atoms with Crippen molar-refractivity contribution in [2.75, 3.05) is 13.7 Å². The zero-order chi connectivity index (χ0) is 14.5. The minimum absolute atomic E-state index is 0.399. The van der Waals surface area contributed by atoms with Gasteiger partial charge in [0.15, 0.2) is 5.82 Å². The molecule has 0 radical (unpaired) electrons. The quantitative estimate of drug-likeness (QED) is 0.758.